The number of fused-ring (bicyclic) bond motifs is 1. The van der Waals surface area contributed by atoms with Crippen molar-refractivity contribution < 1.29 is 42.9 Å². The van der Waals surface area contributed by atoms with Crippen molar-refractivity contribution in [3.8, 4) is 0 Å². The normalized spacial score (nSPS) is 42.8. The van der Waals surface area contributed by atoms with E-state index in [0.717, 1.165) is 0 Å². The number of ether oxygens (including phenoxy) is 4. The molecule has 0 aromatic carbocycles. The second-order valence-corrected chi connectivity index (χ2v) is 12.0. The number of carbonyl (C=O) groups is 5. The molecule has 1 heterocycles. The number of rotatable bonds is 4. The van der Waals surface area contributed by atoms with Crippen molar-refractivity contribution in [3.05, 3.63) is 23.3 Å². The molecule has 1 unspecified atom stereocenters. The lowest BCUT2D eigenvalue weighted by atomic mass is 9.81. The van der Waals surface area contributed by atoms with Crippen molar-refractivity contribution in [1.82, 2.24) is 0 Å². The number of esters is 3. The first-order valence-electron chi connectivity index (χ1n) is 13.2. The fourth-order valence-electron chi connectivity index (χ4n) is 6.96. The van der Waals surface area contributed by atoms with Gasteiger partial charge in [0.05, 0.1) is 5.92 Å². The summed E-state index contributed by atoms with van der Waals surface area (Å²) in [6, 6.07) is 0. The van der Waals surface area contributed by atoms with E-state index in [1.165, 1.54) is 13.8 Å². The van der Waals surface area contributed by atoms with Crippen LogP contribution in [-0.2, 0) is 42.9 Å². The van der Waals surface area contributed by atoms with E-state index in [1.54, 1.807) is 46.8 Å². The molecule has 0 aromatic rings. The number of carbonyl (C=O) groups excluding carboxylic acids is 5. The Bertz CT molecular complexity index is 1160. The number of allylic oxidation sites excluding steroid dienone is 1. The summed E-state index contributed by atoms with van der Waals surface area (Å²) < 4.78 is 23.6. The zero-order valence-electron chi connectivity index (χ0n) is 23.6. The van der Waals surface area contributed by atoms with Crippen molar-refractivity contribution >= 4 is 29.5 Å². The second kappa shape index (κ2) is 9.14. The third kappa shape index (κ3) is 4.05. The first-order valence-corrected chi connectivity index (χ1v) is 13.2. The predicted octanol–water partition coefficient (Wildman–Crippen LogP) is 3.28. The Morgan fingerprint density at radius 3 is 2.08 bits per heavy atom. The third-order valence-corrected chi connectivity index (χ3v) is 9.08. The molecule has 0 radical (unpaired) electrons. The molecule has 0 bridgehead atoms. The summed E-state index contributed by atoms with van der Waals surface area (Å²) in [5, 5.41) is 0. The maximum Gasteiger partial charge on any atom is 0.333 e. The van der Waals surface area contributed by atoms with Gasteiger partial charge in [0.1, 0.15) is 12.2 Å². The van der Waals surface area contributed by atoms with Gasteiger partial charge in [0, 0.05) is 37.2 Å². The molecule has 9 atom stereocenters. The van der Waals surface area contributed by atoms with Crippen LogP contribution in [0.4, 0.5) is 0 Å². The summed E-state index contributed by atoms with van der Waals surface area (Å²) in [6.45, 7) is 14.9. The Morgan fingerprint density at radius 2 is 1.53 bits per heavy atom. The molecule has 3 aliphatic carbocycles. The Balaban J connectivity index is 1.93. The molecule has 9 heteroatoms. The van der Waals surface area contributed by atoms with Crippen molar-refractivity contribution in [1.29, 1.82) is 0 Å². The lowest BCUT2D eigenvalue weighted by Gasteiger charge is -2.30. The van der Waals surface area contributed by atoms with Crippen LogP contribution in [0, 0.1) is 29.1 Å². The highest BCUT2D eigenvalue weighted by molar-refractivity contribution is 6.11. The predicted molar refractivity (Wildman–Crippen MR) is 134 cm³/mol. The summed E-state index contributed by atoms with van der Waals surface area (Å²) in [4.78, 5) is 65.0. The van der Waals surface area contributed by atoms with E-state index in [1.807, 2.05) is 13.8 Å². The van der Waals surface area contributed by atoms with Crippen LogP contribution in [0.5, 0.6) is 0 Å². The monoisotopic (exact) mass is 530 g/mol. The number of hydrogen-bond donors (Lipinski definition) is 0. The van der Waals surface area contributed by atoms with Crippen molar-refractivity contribution in [2.75, 3.05) is 0 Å². The van der Waals surface area contributed by atoms with E-state index in [9.17, 15) is 24.0 Å². The summed E-state index contributed by atoms with van der Waals surface area (Å²) in [6.07, 6.45) is 0.546. The summed E-state index contributed by atoms with van der Waals surface area (Å²) in [5.41, 5.74) is -2.59. The first-order chi connectivity index (χ1) is 17.6. The standard InChI is InChI=1S/C29H38O9/c1-10-13(2)26(34)37-23-20-19(27(20,8)9)22(36-18(7)31)16(5)25(33)29-12-15(4)24(32)28(29,38-29)11-14(3)21(23)35-17(6)30/h10-11,15-16,19-23H,12H2,1-9H3/b13-10-,14-11+/t15-,16+,19+,20-,21-,22-,23?,28+,29+/m0/s1. The summed E-state index contributed by atoms with van der Waals surface area (Å²) in [5.74, 6) is -4.27. The zero-order valence-corrected chi connectivity index (χ0v) is 23.6. The first kappa shape index (κ1) is 28.2. The maximum absolute atomic E-state index is 14.1. The van der Waals surface area contributed by atoms with Gasteiger partial charge in [-0.15, -0.1) is 0 Å². The molecule has 9 nitrogen and oxygen atoms in total. The van der Waals surface area contributed by atoms with Crippen LogP contribution in [0.25, 0.3) is 0 Å². The highest BCUT2D eigenvalue weighted by Gasteiger charge is 2.83. The van der Waals surface area contributed by atoms with Gasteiger partial charge < -0.3 is 18.9 Å². The Kier molecular flexibility index (Phi) is 6.78. The quantitative estimate of drug-likeness (QED) is 0.177. The lowest BCUT2D eigenvalue weighted by molar-refractivity contribution is -0.164. The highest BCUT2D eigenvalue weighted by atomic mass is 16.6. The molecule has 38 heavy (non-hydrogen) atoms. The van der Waals surface area contributed by atoms with Crippen LogP contribution in [0.3, 0.4) is 0 Å². The number of ketones is 2. The van der Waals surface area contributed by atoms with Crippen LogP contribution in [0.15, 0.2) is 23.3 Å². The van der Waals surface area contributed by atoms with Crippen LogP contribution in [0.1, 0.15) is 68.7 Å². The molecule has 4 aliphatic rings. The SMILES string of the molecule is C/C=C(/C)C(=O)OC1[C@@H]2[C@H]([C@@H](OC(C)=O)[C@@H](C)C(=O)[C@]34C[C@H](C)C(=O)[C@@]3(/C=C(\C)[C@@H]1OC(C)=O)O4)C2(C)C. The van der Waals surface area contributed by atoms with Crippen LogP contribution in [0.2, 0.25) is 0 Å². The highest BCUT2D eigenvalue weighted by Crippen LogP contribution is 2.67. The molecule has 0 spiro atoms. The molecule has 3 fully saturated rings. The van der Waals surface area contributed by atoms with E-state index < -0.39 is 76.5 Å². The molecule has 2 saturated carbocycles. The van der Waals surface area contributed by atoms with E-state index in [2.05, 4.69) is 0 Å². The average Bonchev–Trinajstić information content (AvgIpc) is 3.62. The number of epoxide rings is 1. The number of Topliss-reactive ketones (excluding diaryl/α,β-unsaturated/α-hetero) is 2. The smallest absolute Gasteiger partial charge is 0.333 e. The minimum Gasteiger partial charge on any atom is -0.461 e. The van der Waals surface area contributed by atoms with E-state index in [4.69, 9.17) is 18.9 Å². The minimum absolute atomic E-state index is 0.209. The zero-order chi connectivity index (χ0) is 28.5. The van der Waals surface area contributed by atoms with Gasteiger partial charge in [0.25, 0.3) is 0 Å². The van der Waals surface area contributed by atoms with Gasteiger partial charge in [-0.1, -0.05) is 33.8 Å². The molecule has 0 N–H and O–H groups in total. The van der Waals surface area contributed by atoms with Gasteiger partial charge in [0.2, 0.25) is 0 Å². The Hall–Kier alpha value is -2.81. The molecule has 4 rings (SSSR count). The maximum atomic E-state index is 14.1. The molecule has 1 aliphatic heterocycles. The fourth-order valence-corrected chi connectivity index (χ4v) is 6.96. The third-order valence-electron chi connectivity index (χ3n) is 9.08. The van der Waals surface area contributed by atoms with Crippen molar-refractivity contribution in [2.45, 2.75) is 98.2 Å². The molecule has 208 valence electrons. The second-order valence-electron chi connectivity index (χ2n) is 12.0. The topological polar surface area (TPSA) is 126 Å². The summed E-state index contributed by atoms with van der Waals surface area (Å²) >= 11 is 0. The molecular formula is C29H38O9. The molecule has 0 aromatic heterocycles. The Labute approximate surface area is 223 Å². The molecule has 0 amide bonds. The van der Waals surface area contributed by atoms with Gasteiger partial charge in [-0.05, 0) is 44.3 Å². The summed E-state index contributed by atoms with van der Waals surface area (Å²) in [7, 11) is 0. The van der Waals surface area contributed by atoms with Gasteiger partial charge in [-0.2, -0.15) is 0 Å². The van der Waals surface area contributed by atoms with E-state index >= 15 is 0 Å². The van der Waals surface area contributed by atoms with Crippen LogP contribution >= 0.6 is 0 Å². The van der Waals surface area contributed by atoms with E-state index in [0.29, 0.717) is 11.1 Å². The van der Waals surface area contributed by atoms with Crippen molar-refractivity contribution in [2.24, 2.45) is 29.1 Å². The average molecular weight is 531 g/mol. The molecule has 1 saturated heterocycles. The Morgan fingerprint density at radius 1 is 0.947 bits per heavy atom. The van der Waals surface area contributed by atoms with Gasteiger partial charge >= 0.3 is 17.9 Å². The van der Waals surface area contributed by atoms with E-state index in [-0.39, 0.29) is 18.0 Å². The van der Waals surface area contributed by atoms with Gasteiger partial charge in [-0.3, -0.25) is 19.2 Å². The largest absolute Gasteiger partial charge is 0.461 e. The van der Waals surface area contributed by atoms with Gasteiger partial charge in [0.15, 0.2) is 28.9 Å². The van der Waals surface area contributed by atoms with Crippen molar-refractivity contribution in [3.63, 3.8) is 0 Å². The number of hydrogen-bond acceptors (Lipinski definition) is 9. The van der Waals surface area contributed by atoms with Crippen LogP contribution in [-0.4, -0.2) is 59.0 Å². The van der Waals surface area contributed by atoms with Gasteiger partial charge in [-0.25, -0.2) is 4.79 Å². The molecular weight excluding hydrogens is 492 g/mol. The van der Waals surface area contributed by atoms with Crippen LogP contribution < -0.4 is 0 Å². The minimum atomic E-state index is -1.50. The fraction of sp³-hybridized carbons (Fsp3) is 0.690. The lowest BCUT2D eigenvalue weighted by Crippen LogP contribution is -2.42.